The largest absolute Gasteiger partial charge is 0.359 e. The maximum absolute atomic E-state index is 12.5. The van der Waals surface area contributed by atoms with Crippen molar-refractivity contribution in [3.8, 4) is 0 Å². The van der Waals surface area contributed by atoms with Gasteiger partial charge in [-0.25, -0.2) is 16.8 Å². The van der Waals surface area contributed by atoms with E-state index in [0.29, 0.717) is 24.5 Å². The maximum atomic E-state index is 12.5. The molecule has 1 N–H and O–H groups in total. The van der Waals surface area contributed by atoms with Crippen LogP contribution in [-0.4, -0.2) is 39.4 Å². The first-order chi connectivity index (χ1) is 11.7. The van der Waals surface area contributed by atoms with Gasteiger partial charge in [-0.1, -0.05) is 5.16 Å². The molecule has 1 aromatic heterocycles. The lowest BCUT2D eigenvalue weighted by molar-refractivity contribution is 0.393. The Bertz CT molecular complexity index is 953. The minimum absolute atomic E-state index is 0.0344. The highest BCUT2D eigenvalue weighted by Crippen LogP contribution is 2.25. The molecule has 1 aliphatic rings. The molecule has 0 bridgehead atoms. The summed E-state index contributed by atoms with van der Waals surface area (Å²) in [6, 6.07) is 5.19. The average molecular weight is 385 g/mol. The lowest BCUT2D eigenvalue weighted by Crippen LogP contribution is -2.27. The molecule has 1 saturated heterocycles. The van der Waals surface area contributed by atoms with Crippen LogP contribution >= 0.6 is 0 Å². The lowest BCUT2D eigenvalue weighted by Gasteiger charge is -2.15. The van der Waals surface area contributed by atoms with Crippen molar-refractivity contribution in [2.75, 3.05) is 17.8 Å². The molecule has 0 atom stereocenters. The van der Waals surface area contributed by atoms with Gasteiger partial charge in [-0.15, -0.1) is 0 Å². The van der Waals surface area contributed by atoms with Crippen LogP contribution in [0.1, 0.15) is 24.3 Å². The number of aromatic nitrogens is 1. The highest BCUT2D eigenvalue weighted by Gasteiger charge is 2.27. The summed E-state index contributed by atoms with van der Waals surface area (Å²) in [6.07, 6.45) is 1.68. The molecule has 10 heteroatoms. The fourth-order valence-electron chi connectivity index (χ4n) is 2.69. The summed E-state index contributed by atoms with van der Waals surface area (Å²) < 4.78 is 58.7. The van der Waals surface area contributed by atoms with Crippen molar-refractivity contribution in [3.63, 3.8) is 0 Å². The predicted molar refractivity (Wildman–Crippen MR) is 91.2 cm³/mol. The minimum atomic E-state index is -3.87. The summed E-state index contributed by atoms with van der Waals surface area (Å²) in [7, 11) is -7.44. The molecular formula is C15H19N3O5S2. The SMILES string of the molecule is Cc1noc(C)c1NS(=O)(=O)c1ccc(S(=O)(=O)N2CCCC2)cc1. The maximum Gasteiger partial charge on any atom is 0.262 e. The molecule has 0 radical (unpaired) electrons. The predicted octanol–water partition coefficient (Wildman–Crippen LogP) is 1.88. The second kappa shape index (κ2) is 6.43. The van der Waals surface area contributed by atoms with E-state index in [-0.39, 0.29) is 15.5 Å². The van der Waals surface area contributed by atoms with Crippen LogP contribution in [0.3, 0.4) is 0 Å². The molecule has 0 saturated carbocycles. The Kier molecular flexibility index (Phi) is 4.60. The van der Waals surface area contributed by atoms with Crippen LogP contribution in [0.2, 0.25) is 0 Å². The van der Waals surface area contributed by atoms with Gasteiger partial charge in [-0.2, -0.15) is 4.31 Å². The molecular weight excluding hydrogens is 366 g/mol. The molecule has 1 fully saturated rings. The molecule has 2 aromatic rings. The van der Waals surface area contributed by atoms with Gasteiger partial charge in [0, 0.05) is 13.1 Å². The molecule has 2 heterocycles. The van der Waals surface area contributed by atoms with E-state index in [1.807, 2.05) is 0 Å². The number of sulfonamides is 2. The zero-order chi connectivity index (χ0) is 18.2. The van der Waals surface area contributed by atoms with Gasteiger partial charge < -0.3 is 4.52 Å². The molecule has 25 heavy (non-hydrogen) atoms. The first-order valence-electron chi connectivity index (χ1n) is 7.78. The Balaban J connectivity index is 1.86. The number of benzene rings is 1. The third-order valence-corrected chi connectivity index (χ3v) is 7.39. The van der Waals surface area contributed by atoms with Gasteiger partial charge in [0.05, 0.1) is 9.79 Å². The molecule has 136 valence electrons. The molecule has 3 rings (SSSR count). The van der Waals surface area contributed by atoms with Gasteiger partial charge in [0.15, 0.2) is 5.76 Å². The zero-order valence-corrected chi connectivity index (χ0v) is 15.5. The zero-order valence-electron chi connectivity index (χ0n) is 13.9. The number of nitrogens with one attached hydrogen (secondary N) is 1. The van der Waals surface area contributed by atoms with E-state index < -0.39 is 20.0 Å². The Morgan fingerprint density at radius 3 is 2.08 bits per heavy atom. The number of rotatable bonds is 5. The van der Waals surface area contributed by atoms with Gasteiger partial charge in [0.1, 0.15) is 11.4 Å². The third kappa shape index (κ3) is 3.42. The minimum Gasteiger partial charge on any atom is -0.359 e. The Morgan fingerprint density at radius 2 is 1.56 bits per heavy atom. The van der Waals surface area contributed by atoms with Crippen LogP contribution in [0.4, 0.5) is 5.69 Å². The highest BCUT2D eigenvalue weighted by atomic mass is 32.2. The van der Waals surface area contributed by atoms with E-state index in [1.54, 1.807) is 13.8 Å². The van der Waals surface area contributed by atoms with Crippen LogP contribution in [0, 0.1) is 13.8 Å². The smallest absolute Gasteiger partial charge is 0.262 e. The quantitative estimate of drug-likeness (QED) is 0.841. The Labute approximate surface area is 146 Å². The van der Waals surface area contributed by atoms with Crippen LogP contribution in [0.15, 0.2) is 38.6 Å². The van der Waals surface area contributed by atoms with Crippen LogP contribution < -0.4 is 4.72 Å². The van der Waals surface area contributed by atoms with E-state index in [4.69, 9.17) is 4.52 Å². The van der Waals surface area contributed by atoms with E-state index in [0.717, 1.165) is 12.8 Å². The van der Waals surface area contributed by atoms with Crippen LogP contribution in [0.5, 0.6) is 0 Å². The van der Waals surface area contributed by atoms with E-state index in [1.165, 1.54) is 28.6 Å². The number of aryl methyl sites for hydroxylation is 2. The van der Waals surface area contributed by atoms with Gasteiger partial charge >= 0.3 is 0 Å². The van der Waals surface area contributed by atoms with Gasteiger partial charge in [-0.05, 0) is 51.0 Å². The molecule has 0 aliphatic carbocycles. The van der Waals surface area contributed by atoms with Crippen molar-refractivity contribution < 1.29 is 21.4 Å². The first kappa shape index (κ1) is 17.9. The van der Waals surface area contributed by atoms with Crippen LogP contribution in [0.25, 0.3) is 0 Å². The van der Waals surface area contributed by atoms with Crippen LogP contribution in [-0.2, 0) is 20.0 Å². The Morgan fingerprint density at radius 1 is 1.00 bits per heavy atom. The van der Waals surface area contributed by atoms with Crippen molar-refractivity contribution in [3.05, 3.63) is 35.7 Å². The number of nitrogens with zero attached hydrogens (tertiary/aromatic N) is 2. The summed E-state index contributed by atoms with van der Waals surface area (Å²) in [5.74, 6) is 0.356. The van der Waals surface area contributed by atoms with Crippen molar-refractivity contribution >= 4 is 25.7 Å². The second-order valence-electron chi connectivity index (χ2n) is 5.89. The standard InChI is InChI=1S/C15H19N3O5S2/c1-11-15(12(2)23-16-11)17-24(19,20)13-5-7-14(8-6-13)25(21,22)18-9-3-4-10-18/h5-8,17H,3-4,9-10H2,1-2H3. The first-order valence-corrected chi connectivity index (χ1v) is 10.7. The lowest BCUT2D eigenvalue weighted by atomic mass is 10.3. The summed E-state index contributed by atoms with van der Waals surface area (Å²) in [5, 5.41) is 3.70. The second-order valence-corrected chi connectivity index (χ2v) is 9.51. The summed E-state index contributed by atoms with van der Waals surface area (Å²) in [4.78, 5) is 0.0542. The number of anilines is 1. The average Bonchev–Trinajstić information content (AvgIpc) is 3.21. The monoisotopic (exact) mass is 385 g/mol. The van der Waals surface area contributed by atoms with Gasteiger partial charge in [-0.3, -0.25) is 4.72 Å². The van der Waals surface area contributed by atoms with Crippen molar-refractivity contribution in [2.45, 2.75) is 36.5 Å². The topological polar surface area (TPSA) is 110 Å². The van der Waals surface area contributed by atoms with Crippen molar-refractivity contribution in [2.24, 2.45) is 0 Å². The van der Waals surface area contributed by atoms with E-state index in [2.05, 4.69) is 9.88 Å². The van der Waals surface area contributed by atoms with E-state index in [9.17, 15) is 16.8 Å². The van der Waals surface area contributed by atoms with Gasteiger partial charge in [0.25, 0.3) is 10.0 Å². The third-order valence-electron chi connectivity index (χ3n) is 4.11. The number of hydrogen-bond donors (Lipinski definition) is 1. The molecule has 1 aromatic carbocycles. The molecule has 0 spiro atoms. The molecule has 0 amide bonds. The van der Waals surface area contributed by atoms with Crippen molar-refractivity contribution in [1.82, 2.24) is 9.46 Å². The highest BCUT2D eigenvalue weighted by molar-refractivity contribution is 7.92. The fraction of sp³-hybridized carbons (Fsp3) is 0.400. The normalized spacial score (nSPS) is 16.2. The molecule has 1 aliphatic heterocycles. The van der Waals surface area contributed by atoms with Crippen molar-refractivity contribution in [1.29, 1.82) is 0 Å². The molecule has 0 unspecified atom stereocenters. The summed E-state index contributed by atoms with van der Waals surface area (Å²) in [5.41, 5.74) is 0.711. The summed E-state index contributed by atoms with van der Waals surface area (Å²) >= 11 is 0. The van der Waals surface area contributed by atoms with E-state index >= 15 is 0 Å². The van der Waals surface area contributed by atoms with Gasteiger partial charge in [0.2, 0.25) is 10.0 Å². The summed E-state index contributed by atoms with van der Waals surface area (Å²) in [6.45, 7) is 4.22. The molecule has 8 nitrogen and oxygen atoms in total. The Hall–Kier alpha value is -1.91. The number of hydrogen-bond acceptors (Lipinski definition) is 6. The fourth-order valence-corrected chi connectivity index (χ4v) is 5.38.